The van der Waals surface area contributed by atoms with Crippen molar-refractivity contribution in [3.63, 3.8) is 0 Å². The highest BCUT2D eigenvalue weighted by atomic mass is 19.4. The summed E-state index contributed by atoms with van der Waals surface area (Å²) in [6.07, 6.45) is -10.4. The molecular weight excluding hydrogens is 246 g/mol. The smallest absolute Gasteiger partial charge is 0.171 e. The quantitative estimate of drug-likeness (QED) is 0.479. The van der Waals surface area contributed by atoms with Crippen molar-refractivity contribution in [3.8, 4) is 0 Å². The van der Waals surface area contributed by atoms with Gasteiger partial charge in [0.15, 0.2) is 0 Å². The van der Waals surface area contributed by atoms with Gasteiger partial charge in [0.2, 0.25) is 0 Å². The summed E-state index contributed by atoms with van der Waals surface area (Å²) in [5.41, 5.74) is -1.98. The summed E-state index contributed by atoms with van der Waals surface area (Å²) in [7, 11) is 0. The van der Waals surface area contributed by atoms with Gasteiger partial charge in [-0.1, -0.05) is 18.6 Å². The Labute approximate surface area is 96.7 Å². The highest BCUT2D eigenvalue weighted by Gasteiger charge is 2.50. The van der Waals surface area contributed by atoms with Crippen molar-refractivity contribution >= 4 is 0 Å². The van der Waals surface area contributed by atoms with Crippen molar-refractivity contribution < 1.29 is 26.3 Å². The lowest BCUT2D eigenvalue weighted by Gasteiger charge is -2.30. The molecule has 0 aromatic carbocycles. The summed E-state index contributed by atoms with van der Waals surface area (Å²) >= 11 is 0. The summed E-state index contributed by atoms with van der Waals surface area (Å²) in [6, 6.07) is 0. The van der Waals surface area contributed by atoms with Crippen LogP contribution in [0.2, 0.25) is 0 Å². The van der Waals surface area contributed by atoms with Crippen molar-refractivity contribution in [3.05, 3.63) is 11.6 Å². The van der Waals surface area contributed by atoms with E-state index in [2.05, 4.69) is 0 Å². The number of rotatable bonds is 4. The highest BCUT2D eigenvalue weighted by Crippen LogP contribution is 2.45. The second-order valence-corrected chi connectivity index (χ2v) is 4.37. The van der Waals surface area contributed by atoms with Crippen LogP contribution in [0.1, 0.15) is 40.0 Å². The van der Waals surface area contributed by atoms with E-state index in [1.54, 1.807) is 6.92 Å². The second kappa shape index (κ2) is 5.31. The molecule has 0 heterocycles. The van der Waals surface area contributed by atoms with Crippen LogP contribution in [0.25, 0.3) is 0 Å². The Morgan fingerprint density at radius 3 is 1.76 bits per heavy atom. The summed E-state index contributed by atoms with van der Waals surface area (Å²) in [6.45, 7) is 3.95. The van der Waals surface area contributed by atoms with Crippen LogP contribution in [-0.2, 0) is 0 Å². The minimum atomic E-state index is -4.67. The van der Waals surface area contributed by atoms with Crippen LogP contribution in [-0.4, -0.2) is 12.4 Å². The third-order valence-corrected chi connectivity index (χ3v) is 2.70. The molecular formula is C11H16F6. The normalized spacial score (nSPS) is 18.1. The van der Waals surface area contributed by atoms with Gasteiger partial charge < -0.3 is 0 Å². The maximum atomic E-state index is 12.8. The molecule has 6 heteroatoms. The topological polar surface area (TPSA) is 0 Å². The molecule has 0 aliphatic carbocycles. The zero-order valence-corrected chi connectivity index (χ0v) is 9.97. The average molecular weight is 262 g/mol. The third-order valence-electron chi connectivity index (χ3n) is 2.70. The van der Waals surface area contributed by atoms with Crippen LogP contribution in [0.4, 0.5) is 26.3 Å². The van der Waals surface area contributed by atoms with E-state index in [-0.39, 0.29) is 0 Å². The maximum absolute atomic E-state index is 12.8. The molecule has 1 atom stereocenters. The second-order valence-electron chi connectivity index (χ2n) is 4.37. The molecule has 17 heavy (non-hydrogen) atoms. The van der Waals surface area contributed by atoms with Crippen LogP contribution >= 0.6 is 0 Å². The van der Waals surface area contributed by atoms with Gasteiger partial charge in [-0.05, 0) is 26.7 Å². The molecule has 0 fully saturated rings. The first-order chi connectivity index (χ1) is 7.41. The number of hydrogen-bond donors (Lipinski definition) is 0. The summed E-state index contributed by atoms with van der Waals surface area (Å²) < 4.78 is 74.3. The monoisotopic (exact) mass is 262 g/mol. The zero-order valence-electron chi connectivity index (χ0n) is 9.97. The Balaban J connectivity index is 5.01. The molecule has 0 aliphatic rings. The molecule has 0 aromatic heterocycles. The fourth-order valence-corrected chi connectivity index (χ4v) is 1.34. The van der Waals surface area contributed by atoms with Gasteiger partial charge in [-0.15, -0.1) is 0 Å². The molecule has 0 saturated carbocycles. The van der Waals surface area contributed by atoms with Gasteiger partial charge >= 0.3 is 12.4 Å². The van der Waals surface area contributed by atoms with Gasteiger partial charge in [0.25, 0.3) is 0 Å². The maximum Gasteiger partial charge on any atom is 0.397 e. The summed E-state index contributed by atoms with van der Waals surface area (Å²) in [4.78, 5) is 0. The fraction of sp³-hybridized carbons (Fsp3) is 0.818. The molecule has 1 unspecified atom stereocenters. The van der Waals surface area contributed by atoms with Crippen LogP contribution < -0.4 is 0 Å². The van der Waals surface area contributed by atoms with Crippen molar-refractivity contribution in [2.45, 2.75) is 52.4 Å². The number of allylic oxidation sites excluding steroid dienone is 2. The molecule has 0 spiro atoms. The Bertz CT molecular complexity index is 273. The Kier molecular flexibility index (Phi) is 5.10. The van der Waals surface area contributed by atoms with Crippen LogP contribution in [0, 0.1) is 5.41 Å². The lowest BCUT2D eigenvalue weighted by Crippen LogP contribution is -2.34. The Morgan fingerprint density at radius 2 is 1.47 bits per heavy atom. The van der Waals surface area contributed by atoms with Crippen molar-refractivity contribution in [2.24, 2.45) is 5.41 Å². The summed E-state index contributed by atoms with van der Waals surface area (Å²) in [5, 5.41) is 0. The molecule has 0 radical (unpaired) electrons. The molecule has 0 amide bonds. The van der Waals surface area contributed by atoms with Crippen LogP contribution in [0.5, 0.6) is 0 Å². The van der Waals surface area contributed by atoms with Gasteiger partial charge in [0.1, 0.15) is 0 Å². The van der Waals surface area contributed by atoms with E-state index in [4.69, 9.17) is 0 Å². The molecule has 0 rings (SSSR count). The van der Waals surface area contributed by atoms with E-state index in [1.165, 1.54) is 6.92 Å². The van der Waals surface area contributed by atoms with E-state index < -0.39 is 30.6 Å². The molecule has 102 valence electrons. The third kappa shape index (κ3) is 5.46. The van der Waals surface area contributed by atoms with E-state index in [1.807, 2.05) is 0 Å². The SMILES string of the molecule is CCC(C)=CC(C)(CCC(F)(F)F)C(F)(F)F. The summed E-state index contributed by atoms with van der Waals surface area (Å²) in [5.74, 6) is 0. The zero-order chi connectivity index (χ0) is 13.9. The minimum absolute atomic E-state index is 0.387. The Morgan fingerprint density at radius 1 is 1.00 bits per heavy atom. The largest absolute Gasteiger partial charge is 0.397 e. The van der Waals surface area contributed by atoms with Crippen LogP contribution in [0.3, 0.4) is 0 Å². The van der Waals surface area contributed by atoms with Crippen LogP contribution in [0.15, 0.2) is 11.6 Å². The van der Waals surface area contributed by atoms with E-state index in [0.717, 1.165) is 13.0 Å². The van der Waals surface area contributed by atoms with E-state index in [9.17, 15) is 26.3 Å². The van der Waals surface area contributed by atoms with Gasteiger partial charge in [-0.25, -0.2) is 0 Å². The molecule has 0 nitrogen and oxygen atoms in total. The van der Waals surface area contributed by atoms with E-state index >= 15 is 0 Å². The fourth-order valence-electron chi connectivity index (χ4n) is 1.34. The number of halogens is 6. The number of hydrogen-bond acceptors (Lipinski definition) is 0. The van der Waals surface area contributed by atoms with Gasteiger partial charge in [0, 0.05) is 6.42 Å². The minimum Gasteiger partial charge on any atom is -0.171 e. The Hall–Kier alpha value is -0.680. The van der Waals surface area contributed by atoms with Gasteiger partial charge in [-0.2, -0.15) is 26.3 Å². The molecule has 0 N–H and O–H groups in total. The average Bonchev–Trinajstić information content (AvgIpc) is 2.11. The first kappa shape index (κ1) is 16.3. The predicted octanol–water partition coefficient (Wildman–Crippen LogP) is 5.25. The standard InChI is InChI=1S/C11H16F6/c1-4-8(2)7-9(3,11(15,16)17)5-6-10(12,13)14/h7H,4-6H2,1-3H3. The van der Waals surface area contributed by atoms with Crippen molar-refractivity contribution in [1.29, 1.82) is 0 Å². The lowest BCUT2D eigenvalue weighted by molar-refractivity contribution is -0.213. The molecule has 0 aliphatic heterocycles. The molecule has 0 saturated heterocycles. The first-order valence-electron chi connectivity index (χ1n) is 5.23. The first-order valence-corrected chi connectivity index (χ1v) is 5.23. The van der Waals surface area contributed by atoms with E-state index in [0.29, 0.717) is 12.0 Å². The van der Waals surface area contributed by atoms with Gasteiger partial charge in [-0.3, -0.25) is 0 Å². The predicted molar refractivity (Wildman–Crippen MR) is 53.5 cm³/mol. The highest BCUT2D eigenvalue weighted by molar-refractivity contribution is 5.09. The number of alkyl halides is 6. The van der Waals surface area contributed by atoms with Gasteiger partial charge in [0.05, 0.1) is 5.41 Å². The molecule has 0 bridgehead atoms. The van der Waals surface area contributed by atoms with Crippen molar-refractivity contribution in [2.75, 3.05) is 0 Å². The lowest BCUT2D eigenvalue weighted by atomic mass is 9.82. The molecule has 0 aromatic rings. The van der Waals surface area contributed by atoms with Crippen molar-refractivity contribution in [1.82, 2.24) is 0 Å².